The van der Waals surface area contributed by atoms with Gasteiger partial charge in [-0.3, -0.25) is 4.79 Å². The van der Waals surface area contributed by atoms with E-state index in [2.05, 4.69) is 0 Å². The number of rotatable bonds is 6. The standard InChI is InChI=1S/C13H17FO3/c1-4-5-12(17-3)13(15)10-8-9(14)6-7-11(10)16-2/h6-8,12H,4-5H2,1-3H3. The zero-order chi connectivity index (χ0) is 12.8. The van der Waals surface area contributed by atoms with E-state index in [1.165, 1.54) is 32.4 Å². The van der Waals surface area contributed by atoms with E-state index in [1.54, 1.807) is 0 Å². The molecule has 4 heteroatoms. The van der Waals surface area contributed by atoms with E-state index in [0.717, 1.165) is 6.42 Å². The third kappa shape index (κ3) is 3.27. The molecule has 0 aliphatic heterocycles. The van der Waals surface area contributed by atoms with Crippen molar-refractivity contribution < 1.29 is 18.7 Å². The van der Waals surface area contributed by atoms with Gasteiger partial charge in [-0.1, -0.05) is 13.3 Å². The van der Waals surface area contributed by atoms with Gasteiger partial charge in [-0.25, -0.2) is 4.39 Å². The molecule has 0 spiro atoms. The Labute approximate surface area is 101 Å². The fourth-order valence-corrected chi connectivity index (χ4v) is 1.66. The lowest BCUT2D eigenvalue weighted by molar-refractivity contribution is 0.0575. The summed E-state index contributed by atoms with van der Waals surface area (Å²) in [6.07, 6.45) is 0.882. The Morgan fingerprint density at radius 1 is 1.41 bits per heavy atom. The maximum absolute atomic E-state index is 13.1. The number of benzene rings is 1. The first-order valence-electron chi connectivity index (χ1n) is 5.54. The number of ether oxygens (including phenoxy) is 2. The lowest BCUT2D eigenvalue weighted by Crippen LogP contribution is -2.23. The van der Waals surface area contributed by atoms with Crippen molar-refractivity contribution >= 4 is 5.78 Å². The number of ketones is 1. The van der Waals surface area contributed by atoms with Gasteiger partial charge in [0.15, 0.2) is 5.78 Å². The molecule has 0 saturated heterocycles. The Morgan fingerprint density at radius 3 is 2.65 bits per heavy atom. The number of halogens is 1. The quantitative estimate of drug-likeness (QED) is 0.717. The Bertz CT molecular complexity index is 390. The zero-order valence-corrected chi connectivity index (χ0v) is 10.3. The van der Waals surface area contributed by atoms with E-state index in [4.69, 9.17) is 9.47 Å². The largest absolute Gasteiger partial charge is 0.496 e. The van der Waals surface area contributed by atoms with Gasteiger partial charge in [0.25, 0.3) is 0 Å². The summed E-state index contributed by atoms with van der Waals surface area (Å²) in [6, 6.07) is 3.89. The third-order valence-electron chi connectivity index (χ3n) is 2.55. The van der Waals surface area contributed by atoms with Crippen LogP contribution >= 0.6 is 0 Å². The molecule has 0 aliphatic rings. The van der Waals surface area contributed by atoms with E-state index < -0.39 is 11.9 Å². The van der Waals surface area contributed by atoms with Crippen LogP contribution in [0.5, 0.6) is 5.75 Å². The predicted octanol–water partition coefficient (Wildman–Crippen LogP) is 2.83. The molecule has 94 valence electrons. The van der Waals surface area contributed by atoms with Crippen LogP contribution in [0, 0.1) is 5.82 Å². The summed E-state index contributed by atoms with van der Waals surface area (Å²) in [5.41, 5.74) is 0.229. The smallest absolute Gasteiger partial charge is 0.195 e. The molecular weight excluding hydrogens is 223 g/mol. The van der Waals surface area contributed by atoms with Crippen LogP contribution in [-0.2, 0) is 4.74 Å². The van der Waals surface area contributed by atoms with Crippen molar-refractivity contribution in [3.8, 4) is 5.75 Å². The molecule has 0 aliphatic carbocycles. The molecule has 3 nitrogen and oxygen atoms in total. The van der Waals surface area contributed by atoms with Crippen LogP contribution in [0.1, 0.15) is 30.1 Å². The normalized spacial score (nSPS) is 12.2. The molecule has 0 aromatic heterocycles. The van der Waals surface area contributed by atoms with Crippen LogP contribution in [0.3, 0.4) is 0 Å². The first-order valence-corrected chi connectivity index (χ1v) is 5.54. The molecule has 0 amide bonds. The van der Waals surface area contributed by atoms with Gasteiger partial charge >= 0.3 is 0 Å². The SMILES string of the molecule is CCCC(OC)C(=O)c1cc(F)ccc1OC. The summed E-state index contributed by atoms with van der Waals surface area (Å²) in [7, 11) is 2.93. The van der Waals surface area contributed by atoms with Crippen LogP contribution in [0.25, 0.3) is 0 Å². The van der Waals surface area contributed by atoms with E-state index in [1.807, 2.05) is 6.92 Å². The Hall–Kier alpha value is -1.42. The van der Waals surface area contributed by atoms with E-state index in [9.17, 15) is 9.18 Å². The summed E-state index contributed by atoms with van der Waals surface area (Å²) in [5.74, 6) is -0.333. The predicted molar refractivity (Wildman–Crippen MR) is 63.0 cm³/mol. The molecule has 0 N–H and O–H groups in total. The van der Waals surface area contributed by atoms with Gasteiger partial charge in [0, 0.05) is 7.11 Å². The third-order valence-corrected chi connectivity index (χ3v) is 2.55. The topological polar surface area (TPSA) is 35.5 Å². The molecule has 0 radical (unpaired) electrons. The van der Waals surface area contributed by atoms with Gasteiger partial charge in [0.1, 0.15) is 17.7 Å². The van der Waals surface area contributed by atoms with Crippen molar-refractivity contribution in [2.45, 2.75) is 25.9 Å². The van der Waals surface area contributed by atoms with Crippen LogP contribution in [0.4, 0.5) is 4.39 Å². The fourth-order valence-electron chi connectivity index (χ4n) is 1.66. The number of methoxy groups -OCH3 is 2. The second-order valence-electron chi connectivity index (χ2n) is 3.72. The molecule has 1 aromatic carbocycles. The molecule has 1 unspecified atom stereocenters. The molecule has 0 fully saturated rings. The van der Waals surface area contributed by atoms with Crippen molar-refractivity contribution in [1.82, 2.24) is 0 Å². The molecular formula is C13H17FO3. The van der Waals surface area contributed by atoms with Crippen LogP contribution in [-0.4, -0.2) is 26.1 Å². The summed E-state index contributed by atoms with van der Waals surface area (Å²) < 4.78 is 23.3. The Morgan fingerprint density at radius 2 is 2.12 bits per heavy atom. The first kappa shape index (κ1) is 13.6. The minimum Gasteiger partial charge on any atom is -0.496 e. The van der Waals surface area contributed by atoms with E-state index in [0.29, 0.717) is 12.2 Å². The minimum atomic E-state index is -0.546. The maximum Gasteiger partial charge on any atom is 0.195 e. The van der Waals surface area contributed by atoms with Crippen molar-refractivity contribution in [3.63, 3.8) is 0 Å². The molecule has 1 atom stereocenters. The summed E-state index contributed by atoms with van der Waals surface area (Å²) in [4.78, 5) is 12.1. The Kier molecular flexibility index (Phi) is 5.10. The highest BCUT2D eigenvalue weighted by Gasteiger charge is 2.22. The number of Topliss-reactive ketones (excluding diaryl/α,β-unsaturated/α-hetero) is 1. The summed E-state index contributed by atoms with van der Waals surface area (Å²) in [6.45, 7) is 1.96. The number of carbonyl (C=O) groups excluding carboxylic acids is 1. The number of carbonyl (C=O) groups is 1. The summed E-state index contributed by atoms with van der Waals surface area (Å²) >= 11 is 0. The van der Waals surface area contributed by atoms with Gasteiger partial charge < -0.3 is 9.47 Å². The van der Waals surface area contributed by atoms with E-state index >= 15 is 0 Å². The zero-order valence-electron chi connectivity index (χ0n) is 10.3. The van der Waals surface area contributed by atoms with Gasteiger partial charge in [-0.2, -0.15) is 0 Å². The Balaban J connectivity index is 3.04. The van der Waals surface area contributed by atoms with Crippen LogP contribution < -0.4 is 4.74 Å². The average Bonchev–Trinajstić information content (AvgIpc) is 2.35. The van der Waals surface area contributed by atoms with E-state index in [-0.39, 0.29) is 11.3 Å². The lowest BCUT2D eigenvalue weighted by Gasteiger charge is -2.15. The minimum absolute atomic E-state index is 0.229. The molecule has 0 bridgehead atoms. The molecule has 1 aromatic rings. The monoisotopic (exact) mass is 240 g/mol. The fraction of sp³-hybridized carbons (Fsp3) is 0.462. The van der Waals surface area contributed by atoms with Crippen LogP contribution in [0.15, 0.2) is 18.2 Å². The van der Waals surface area contributed by atoms with Gasteiger partial charge in [-0.05, 0) is 24.6 Å². The van der Waals surface area contributed by atoms with Gasteiger partial charge in [0.2, 0.25) is 0 Å². The lowest BCUT2D eigenvalue weighted by atomic mass is 10.0. The van der Waals surface area contributed by atoms with Crippen molar-refractivity contribution in [2.75, 3.05) is 14.2 Å². The molecule has 17 heavy (non-hydrogen) atoms. The second kappa shape index (κ2) is 6.35. The second-order valence-corrected chi connectivity index (χ2v) is 3.72. The van der Waals surface area contributed by atoms with Crippen molar-refractivity contribution in [1.29, 1.82) is 0 Å². The highest BCUT2D eigenvalue weighted by molar-refractivity contribution is 6.01. The first-order chi connectivity index (χ1) is 8.13. The van der Waals surface area contributed by atoms with Gasteiger partial charge in [0.05, 0.1) is 12.7 Å². The molecule has 0 saturated carbocycles. The van der Waals surface area contributed by atoms with Crippen molar-refractivity contribution in [3.05, 3.63) is 29.6 Å². The summed E-state index contributed by atoms with van der Waals surface area (Å²) in [5, 5.41) is 0. The number of hydrogen-bond acceptors (Lipinski definition) is 3. The average molecular weight is 240 g/mol. The highest BCUT2D eigenvalue weighted by atomic mass is 19.1. The molecule has 1 rings (SSSR count). The molecule has 0 heterocycles. The van der Waals surface area contributed by atoms with Gasteiger partial charge in [-0.15, -0.1) is 0 Å². The number of hydrogen-bond donors (Lipinski definition) is 0. The maximum atomic E-state index is 13.1. The van der Waals surface area contributed by atoms with Crippen molar-refractivity contribution in [2.24, 2.45) is 0 Å². The van der Waals surface area contributed by atoms with Crippen LogP contribution in [0.2, 0.25) is 0 Å². The highest BCUT2D eigenvalue weighted by Crippen LogP contribution is 2.22.